The summed E-state index contributed by atoms with van der Waals surface area (Å²) in [6, 6.07) is 0. The zero-order valence-corrected chi connectivity index (χ0v) is 53.2. The first-order valence-corrected chi connectivity index (χ1v) is 33.8. The van der Waals surface area contributed by atoms with E-state index in [0.717, 1.165) is 141 Å². The molecule has 0 rings (SSSR count). The number of rotatable bonds is 60. The van der Waals surface area contributed by atoms with E-state index in [9.17, 15) is 14.4 Å². The SMILES string of the molecule is CC/C=C\C/C=C\C/C=C\C/C=C\C/C=C\C/C=C\C/C=C\CCCCCCCCCCCCCC(=O)OCC(COC(=O)CCCCCCCCCC)OC(=O)CCCCCCCCC/C=C\C/C=C\C/C=C\C/C=C\C/C=C\CC. The molecule has 0 aromatic rings. The molecule has 0 aromatic carbocycles. The normalized spacial score (nSPS) is 13.1. The first kappa shape index (κ1) is 77.3. The highest BCUT2D eigenvalue weighted by molar-refractivity contribution is 5.71. The number of unbranched alkanes of at least 4 members (excludes halogenated alkanes) is 25. The van der Waals surface area contributed by atoms with Crippen LogP contribution >= 0.6 is 0 Å². The average molecular weight is 1130 g/mol. The van der Waals surface area contributed by atoms with Crippen LogP contribution in [0.3, 0.4) is 0 Å². The van der Waals surface area contributed by atoms with Gasteiger partial charge in [-0.15, -0.1) is 0 Å². The number of hydrogen-bond donors (Lipinski definition) is 0. The Bertz CT molecular complexity index is 1780. The van der Waals surface area contributed by atoms with Gasteiger partial charge >= 0.3 is 17.9 Å². The second kappa shape index (κ2) is 68.8. The number of carbonyl (C=O) groups is 3. The van der Waals surface area contributed by atoms with E-state index in [1.54, 1.807) is 0 Å². The van der Waals surface area contributed by atoms with Crippen LogP contribution < -0.4 is 0 Å². The highest BCUT2D eigenvalue weighted by Gasteiger charge is 2.19. The molecule has 0 aliphatic rings. The summed E-state index contributed by atoms with van der Waals surface area (Å²) < 4.78 is 16.9. The Hall–Kier alpha value is -4.71. The Morgan fingerprint density at radius 3 is 0.744 bits per heavy atom. The zero-order chi connectivity index (χ0) is 59.2. The first-order valence-electron chi connectivity index (χ1n) is 33.8. The fourth-order valence-corrected chi connectivity index (χ4v) is 9.10. The molecule has 0 heterocycles. The van der Waals surface area contributed by atoms with Crippen molar-refractivity contribution in [2.75, 3.05) is 13.2 Å². The maximum absolute atomic E-state index is 12.9. The maximum atomic E-state index is 12.9. The van der Waals surface area contributed by atoms with Gasteiger partial charge in [0.05, 0.1) is 0 Å². The molecule has 6 nitrogen and oxygen atoms in total. The lowest BCUT2D eigenvalue weighted by molar-refractivity contribution is -0.167. The van der Waals surface area contributed by atoms with E-state index >= 15 is 0 Å². The van der Waals surface area contributed by atoms with Crippen LogP contribution in [0.5, 0.6) is 0 Å². The van der Waals surface area contributed by atoms with Gasteiger partial charge in [-0.05, 0) is 122 Å². The van der Waals surface area contributed by atoms with Gasteiger partial charge in [-0.2, -0.15) is 0 Å². The third-order valence-corrected chi connectivity index (χ3v) is 14.1. The number of allylic oxidation sites excluding steroid dienone is 24. The Morgan fingerprint density at radius 2 is 0.476 bits per heavy atom. The topological polar surface area (TPSA) is 78.9 Å². The molecule has 464 valence electrons. The van der Waals surface area contributed by atoms with Gasteiger partial charge in [0, 0.05) is 19.3 Å². The van der Waals surface area contributed by atoms with E-state index in [2.05, 4.69) is 167 Å². The molecule has 0 spiro atoms. The van der Waals surface area contributed by atoms with Crippen LogP contribution in [0.2, 0.25) is 0 Å². The summed E-state index contributed by atoms with van der Waals surface area (Å²) in [4.78, 5) is 38.2. The molecule has 0 fully saturated rings. The Morgan fingerprint density at radius 1 is 0.256 bits per heavy atom. The van der Waals surface area contributed by atoms with Gasteiger partial charge in [-0.25, -0.2) is 0 Å². The summed E-state index contributed by atoms with van der Waals surface area (Å²) in [5, 5.41) is 0. The smallest absolute Gasteiger partial charge is 0.306 e. The number of carbonyl (C=O) groups excluding carboxylic acids is 3. The van der Waals surface area contributed by atoms with Crippen molar-refractivity contribution in [2.45, 2.75) is 303 Å². The summed E-state index contributed by atoms with van der Waals surface area (Å²) in [6.45, 7) is 6.38. The van der Waals surface area contributed by atoms with E-state index in [0.29, 0.717) is 19.3 Å². The molecule has 0 radical (unpaired) electrons. The maximum Gasteiger partial charge on any atom is 0.306 e. The molecule has 6 heteroatoms. The molecule has 82 heavy (non-hydrogen) atoms. The molecule has 1 unspecified atom stereocenters. The molecule has 1 atom stereocenters. The monoisotopic (exact) mass is 1130 g/mol. The van der Waals surface area contributed by atoms with Crippen LogP contribution in [0.15, 0.2) is 146 Å². The lowest BCUT2D eigenvalue weighted by Gasteiger charge is -2.18. The van der Waals surface area contributed by atoms with Crippen LogP contribution in [0, 0.1) is 0 Å². The molecular weight excluding hydrogens is 1010 g/mol. The lowest BCUT2D eigenvalue weighted by Crippen LogP contribution is -2.30. The van der Waals surface area contributed by atoms with E-state index in [1.165, 1.54) is 116 Å². The summed E-state index contributed by atoms with van der Waals surface area (Å²) in [7, 11) is 0. The van der Waals surface area contributed by atoms with Crippen molar-refractivity contribution < 1.29 is 28.6 Å². The largest absolute Gasteiger partial charge is 0.462 e. The minimum atomic E-state index is -0.789. The van der Waals surface area contributed by atoms with Crippen LogP contribution in [0.4, 0.5) is 0 Å². The van der Waals surface area contributed by atoms with Gasteiger partial charge in [0.1, 0.15) is 13.2 Å². The van der Waals surface area contributed by atoms with Crippen molar-refractivity contribution in [3.05, 3.63) is 146 Å². The lowest BCUT2D eigenvalue weighted by atomic mass is 10.0. The van der Waals surface area contributed by atoms with Crippen molar-refractivity contribution in [2.24, 2.45) is 0 Å². The van der Waals surface area contributed by atoms with Crippen LogP contribution in [-0.2, 0) is 28.6 Å². The minimum absolute atomic E-state index is 0.0852. The second-order valence-corrected chi connectivity index (χ2v) is 22.0. The van der Waals surface area contributed by atoms with Crippen molar-refractivity contribution in [1.82, 2.24) is 0 Å². The summed E-state index contributed by atoms with van der Waals surface area (Å²) in [6.07, 6.45) is 98.8. The van der Waals surface area contributed by atoms with E-state index < -0.39 is 6.10 Å². The molecule has 0 aliphatic heterocycles. The standard InChI is InChI=1S/C76H124O6/c1-4-7-10-13-16-19-21-23-25-27-29-31-33-34-35-36-37-38-39-40-41-42-44-45-47-49-51-53-55-57-60-63-66-69-75(78)81-72-73(71-80-74(77)68-65-62-59-18-15-12-9-6-3)82-76(79)70-67-64-61-58-56-54-52-50-48-46-43-32-30-28-26-24-22-20-17-14-11-8-5-2/h7-8,10-11,16-17,19-20,23-26,29-32,34-35,37-38,40-41,46,48,73H,4-6,9,12-15,18,21-22,27-28,33,36,39,42-45,47,49-72H2,1-3H3/b10-7-,11-8-,19-16-,20-17-,25-23-,26-24-,31-29-,32-30-,35-34-,38-37-,41-40-,48-46-. The van der Waals surface area contributed by atoms with Crippen LogP contribution in [-0.4, -0.2) is 37.2 Å². The van der Waals surface area contributed by atoms with Gasteiger partial charge in [0.25, 0.3) is 0 Å². The highest BCUT2D eigenvalue weighted by atomic mass is 16.6. The highest BCUT2D eigenvalue weighted by Crippen LogP contribution is 2.16. The fraction of sp³-hybridized carbons (Fsp3) is 0.645. The van der Waals surface area contributed by atoms with E-state index in [4.69, 9.17) is 14.2 Å². The average Bonchev–Trinajstić information content (AvgIpc) is 3.47. The second-order valence-electron chi connectivity index (χ2n) is 22.0. The molecule has 0 aromatic heterocycles. The van der Waals surface area contributed by atoms with E-state index in [1.807, 2.05) is 0 Å². The van der Waals surface area contributed by atoms with Gasteiger partial charge in [-0.1, -0.05) is 301 Å². The van der Waals surface area contributed by atoms with Crippen molar-refractivity contribution in [1.29, 1.82) is 0 Å². The Labute approximate surface area is 506 Å². The van der Waals surface area contributed by atoms with Gasteiger partial charge in [-0.3, -0.25) is 14.4 Å². The van der Waals surface area contributed by atoms with Gasteiger partial charge < -0.3 is 14.2 Å². The summed E-state index contributed by atoms with van der Waals surface area (Å²) in [5.41, 5.74) is 0. The first-order chi connectivity index (χ1) is 40.5. The molecule has 0 N–H and O–H groups in total. The van der Waals surface area contributed by atoms with Crippen molar-refractivity contribution >= 4 is 17.9 Å². The van der Waals surface area contributed by atoms with Crippen LogP contribution in [0.25, 0.3) is 0 Å². The predicted octanol–water partition coefficient (Wildman–Crippen LogP) is 23.5. The Kier molecular flexibility index (Phi) is 64.8. The summed E-state index contributed by atoms with van der Waals surface area (Å²) in [5.74, 6) is -0.901. The molecule has 0 bridgehead atoms. The molecule has 0 saturated carbocycles. The van der Waals surface area contributed by atoms with E-state index in [-0.39, 0.29) is 31.1 Å². The fourth-order valence-electron chi connectivity index (χ4n) is 9.10. The predicted molar refractivity (Wildman–Crippen MR) is 357 cm³/mol. The quantitative estimate of drug-likeness (QED) is 0.0261. The molecular formula is C76H124O6. The third kappa shape index (κ3) is 66.1. The summed E-state index contributed by atoms with van der Waals surface area (Å²) >= 11 is 0. The number of ether oxygens (including phenoxy) is 3. The number of esters is 3. The van der Waals surface area contributed by atoms with Gasteiger partial charge in [0.2, 0.25) is 0 Å². The van der Waals surface area contributed by atoms with Crippen molar-refractivity contribution in [3.63, 3.8) is 0 Å². The third-order valence-electron chi connectivity index (χ3n) is 14.1. The molecule has 0 saturated heterocycles. The zero-order valence-electron chi connectivity index (χ0n) is 53.2. The Balaban J connectivity index is 4.18. The molecule has 0 aliphatic carbocycles. The van der Waals surface area contributed by atoms with Crippen LogP contribution in [0.1, 0.15) is 297 Å². The number of hydrogen-bond acceptors (Lipinski definition) is 6. The molecule has 0 amide bonds. The van der Waals surface area contributed by atoms with Gasteiger partial charge in [0.15, 0.2) is 6.10 Å². The minimum Gasteiger partial charge on any atom is -0.462 e. The van der Waals surface area contributed by atoms with Crippen molar-refractivity contribution in [3.8, 4) is 0 Å².